The molecule has 3 heterocycles. The van der Waals surface area contributed by atoms with Crippen LogP contribution in [0.4, 0.5) is 10.5 Å². The third kappa shape index (κ3) is 3.68. The monoisotopic (exact) mass is 416 g/mol. The van der Waals surface area contributed by atoms with Gasteiger partial charge in [0, 0.05) is 12.6 Å². The first-order valence-corrected chi connectivity index (χ1v) is 9.16. The van der Waals surface area contributed by atoms with Gasteiger partial charge in [-0.3, -0.25) is 14.5 Å². The summed E-state index contributed by atoms with van der Waals surface area (Å²) >= 11 is 5.91. The Morgan fingerprint density at radius 3 is 2.90 bits per heavy atom. The second-order valence-electron chi connectivity index (χ2n) is 6.91. The molecule has 0 aliphatic carbocycles. The maximum absolute atomic E-state index is 12.9. The van der Waals surface area contributed by atoms with E-state index in [2.05, 4.69) is 15.6 Å². The van der Waals surface area contributed by atoms with Crippen LogP contribution in [0.25, 0.3) is 0 Å². The Bertz CT molecular complexity index is 1010. The molecule has 2 aliphatic rings. The first-order chi connectivity index (χ1) is 13.9. The molecular formula is C19H17ClN4O5. The van der Waals surface area contributed by atoms with Crippen LogP contribution in [0.15, 0.2) is 36.5 Å². The Balaban J connectivity index is 1.45. The molecule has 1 fully saturated rings. The summed E-state index contributed by atoms with van der Waals surface area (Å²) in [4.78, 5) is 42.3. The maximum Gasteiger partial charge on any atom is 0.325 e. The van der Waals surface area contributed by atoms with E-state index in [0.717, 1.165) is 10.5 Å². The second-order valence-corrected chi connectivity index (χ2v) is 7.27. The number of hydrogen-bond acceptors (Lipinski definition) is 6. The van der Waals surface area contributed by atoms with E-state index in [0.29, 0.717) is 17.2 Å². The summed E-state index contributed by atoms with van der Waals surface area (Å²) < 4.78 is 10.6. The predicted molar refractivity (Wildman–Crippen MR) is 103 cm³/mol. The summed E-state index contributed by atoms with van der Waals surface area (Å²) in [6, 6.07) is 7.88. The van der Waals surface area contributed by atoms with Crippen molar-refractivity contribution in [3.8, 4) is 11.5 Å². The van der Waals surface area contributed by atoms with Gasteiger partial charge >= 0.3 is 6.03 Å². The molecule has 0 saturated carbocycles. The number of nitrogens with zero attached hydrogens (tertiary/aromatic N) is 2. The van der Waals surface area contributed by atoms with Crippen molar-refractivity contribution in [3.63, 3.8) is 0 Å². The summed E-state index contributed by atoms with van der Waals surface area (Å²) in [5, 5.41) is 5.34. The predicted octanol–water partition coefficient (Wildman–Crippen LogP) is 1.96. The third-order valence-electron chi connectivity index (χ3n) is 4.67. The Labute approximate surface area is 170 Å². The first kappa shape index (κ1) is 19.0. The smallest absolute Gasteiger partial charge is 0.325 e. The molecule has 1 aromatic carbocycles. The number of nitrogens with one attached hydrogen (secondary N) is 2. The van der Waals surface area contributed by atoms with Crippen LogP contribution in [0.2, 0.25) is 5.15 Å². The molecule has 10 heteroatoms. The van der Waals surface area contributed by atoms with E-state index in [9.17, 15) is 14.4 Å². The molecule has 0 radical (unpaired) electrons. The van der Waals surface area contributed by atoms with E-state index in [4.69, 9.17) is 21.1 Å². The minimum atomic E-state index is -1.18. The van der Waals surface area contributed by atoms with E-state index in [1.54, 1.807) is 37.3 Å². The molecule has 1 aromatic heterocycles. The van der Waals surface area contributed by atoms with Gasteiger partial charge in [0.05, 0.1) is 5.69 Å². The van der Waals surface area contributed by atoms with Gasteiger partial charge in [0.25, 0.3) is 5.91 Å². The number of hydrogen-bond donors (Lipinski definition) is 2. The Morgan fingerprint density at radius 1 is 1.31 bits per heavy atom. The van der Waals surface area contributed by atoms with Gasteiger partial charge in [0.15, 0.2) is 16.7 Å². The lowest BCUT2D eigenvalue weighted by Gasteiger charge is -2.22. The Hall–Kier alpha value is -3.33. The number of pyridine rings is 1. The van der Waals surface area contributed by atoms with Gasteiger partial charge in [0.2, 0.25) is 12.7 Å². The lowest BCUT2D eigenvalue weighted by Crippen LogP contribution is -2.46. The molecule has 0 bridgehead atoms. The lowest BCUT2D eigenvalue weighted by atomic mass is 9.92. The van der Waals surface area contributed by atoms with Crippen molar-refractivity contribution >= 4 is 35.1 Å². The number of fused-ring (bicyclic) bond motifs is 1. The highest BCUT2D eigenvalue weighted by Crippen LogP contribution is 2.34. The van der Waals surface area contributed by atoms with Crippen molar-refractivity contribution in [1.29, 1.82) is 0 Å². The maximum atomic E-state index is 12.9. The minimum Gasteiger partial charge on any atom is -0.454 e. The van der Waals surface area contributed by atoms with Crippen LogP contribution in [0.3, 0.4) is 0 Å². The average Bonchev–Trinajstić information content (AvgIpc) is 3.22. The van der Waals surface area contributed by atoms with Crippen LogP contribution in [0, 0.1) is 0 Å². The van der Waals surface area contributed by atoms with Crippen LogP contribution in [-0.2, 0) is 16.0 Å². The zero-order valence-corrected chi connectivity index (χ0v) is 16.2. The number of rotatable bonds is 5. The standard InChI is InChI=1S/C19H17ClN4O5/c1-19(8-11-4-5-13-14(7-11)29-10-28-13)17(26)24(18(27)23-19)9-15(25)22-12-3-2-6-21-16(12)20/h2-7H,8-10H2,1H3,(H,22,25)(H,23,27)/t19-/m0/s1. The van der Waals surface area contributed by atoms with Crippen molar-refractivity contribution in [3.05, 3.63) is 47.2 Å². The van der Waals surface area contributed by atoms with Gasteiger partial charge in [-0.15, -0.1) is 0 Å². The SMILES string of the molecule is C[C@@]1(Cc2ccc3c(c2)OCO3)NC(=O)N(CC(=O)Nc2cccnc2Cl)C1=O. The fourth-order valence-electron chi connectivity index (χ4n) is 3.28. The number of aromatic nitrogens is 1. The first-order valence-electron chi connectivity index (χ1n) is 8.79. The largest absolute Gasteiger partial charge is 0.454 e. The van der Waals surface area contributed by atoms with E-state index < -0.39 is 29.9 Å². The molecule has 150 valence electrons. The average molecular weight is 417 g/mol. The van der Waals surface area contributed by atoms with Gasteiger partial charge < -0.3 is 20.1 Å². The zero-order valence-electron chi connectivity index (χ0n) is 15.4. The molecule has 4 amide bonds. The molecule has 0 unspecified atom stereocenters. The topological polar surface area (TPSA) is 110 Å². The normalized spacial score (nSPS) is 20.0. The molecule has 2 aliphatic heterocycles. The highest BCUT2D eigenvalue weighted by Gasteiger charge is 2.48. The van der Waals surface area contributed by atoms with E-state index in [1.807, 2.05) is 0 Å². The zero-order chi connectivity index (χ0) is 20.6. The Morgan fingerprint density at radius 2 is 2.10 bits per heavy atom. The van der Waals surface area contributed by atoms with Crippen LogP contribution < -0.4 is 20.1 Å². The van der Waals surface area contributed by atoms with Crippen molar-refractivity contribution in [2.75, 3.05) is 18.7 Å². The van der Waals surface area contributed by atoms with Gasteiger partial charge in [-0.05, 0) is 36.8 Å². The fraction of sp³-hybridized carbons (Fsp3) is 0.263. The van der Waals surface area contributed by atoms with Crippen LogP contribution >= 0.6 is 11.6 Å². The van der Waals surface area contributed by atoms with Crippen molar-refractivity contribution in [2.45, 2.75) is 18.9 Å². The number of amides is 4. The van der Waals surface area contributed by atoms with Crippen molar-refractivity contribution < 1.29 is 23.9 Å². The number of benzene rings is 1. The number of carbonyl (C=O) groups excluding carboxylic acids is 3. The Kier molecular flexibility index (Phi) is 4.75. The summed E-state index contributed by atoms with van der Waals surface area (Å²) in [5.41, 5.74) is -0.0926. The van der Waals surface area contributed by atoms with E-state index in [1.165, 1.54) is 6.20 Å². The molecule has 29 heavy (non-hydrogen) atoms. The van der Waals surface area contributed by atoms with Gasteiger partial charge in [-0.1, -0.05) is 17.7 Å². The fourth-order valence-corrected chi connectivity index (χ4v) is 3.45. The van der Waals surface area contributed by atoms with Gasteiger partial charge in [-0.2, -0.15) is 0 Å². The number of imide groups is 1. The van der Waals surface area contributed by atoms with Crippen molar-refractivity contribution in [2.24, 2.45) is 0 Å². The van der Waals surface area contributed by atoms with Gasteiger partial charge in [0.1, 0.15) is 12.1 Å². The molecular weight excluding hydrogens is 400 g/mol. The van der Waals surface area contributed by atoms with Crippen molar-refractivity contribution in [1.82, 2.24) is 15.2 Å². The van der Waals surface area contributed by atoms with Crippen LogP contribution in [0.1, 0.15) is 12.5 Å². The molecule has 2 N–H and O–H groups in total. The van der Waals surface area contributed by atoms with E-state index in [-0.39, 0.29) is 18.4 Å². The number of anilines is 1. The molecule has 4 rings (SSSR count). The highest BCUT2D eigenvalue weighted by molar-refractivity contribution is 6.32. The second kappa shape index (κ2) is 7.25. The molecule has 1 saturated heterocycles. The summed E-state index contributed by atoms with van der Waals surface area (Å²) in [6.07, 6.45) is 1.72. The quantitative estimate of drug-likeness (QED) is 0.569. The van der Waals surface area contributed by atoms with Gasteiger partial charge in [-0.25, -0.2) is 9.78 Å². The summed E-state index contributed by atoms with van der Waals surface area (Å²) in [7, 11) is 0. The number of halogens is 1. The minimum absolute atomic E-state index is 0.116. The molecule has 1 atom stereocenters. The van der Waals surface area contributed by atoms with Crippen LogP contribution in [-0.4, -0.2) is 46.6 Å². The molecule has 0 spiro atoms. The number of carbonyl (C=O) groups is 3. The summed E-state index contributed by atoms with van der Waals surface area (Å²) in [6.45, 7) is 1.33. The number of ether oxygens (including phenoxy) is 2. The number of urea groups is 1. The lowest BCUT2D eigenvalue weighted by molar-refractivity contribution is -0.133. The third-order valence-corrected chi connectivity index (χ3v) is 4.98. The highest BCUT2D eigenvalue weighted by atomic mass is 35.5. The molecule has 9 nitrogen and oxygen atoms in total. The molecule has 2 aromatic rings. The van der Waals surface area contributed by atoms with E-state index >= 15 is 0 Å². The summed E-state index contributed by atoms with van der Waals surface area (Å²) in [5.74, 6) is 0.170. The van der Waals surface area contributed by atoms with Crippen LogP contribution in [0.5, 0.6) is 11.5 Å².